The van der Waals surface area contributed by atoms with Crippen molar-refractivity contribution in [2.45, 2.75) is 19.6 Å². The molecule has 1 N–H and O–H groups in total. The number of hydrogen-bond donors (Lipinski definition) is 1. The Hall–Kier alpha value is -3.10. The van der Waals surface area contributed by atoms with Gasteiger partial charge < -0.3 is 14.8 Å². The van der Waals surface area contributed by atoms with Crippen molar-refractivity contribution < 1.29 is 14.3 Å². The summed E-state index contributed by atoms with van der Waals surface area (Å²) in [6.45, 7) is 5.86. The minimum absolute atomic E-state index is 0.102. The Morgan fingerprint density at radius 1 is 1.31 bits per heavy atom. The number of hydrogen-bond acceptors (Lipinski definition) is 6. The summed E-state index contributed by atoms with van der Waals surface area (Å²) in [7, 11) is 0. The molecule has 0 bridgehead atoms. The van der Waals surface area contributed by atoms with Crippen LogP contribution in [0.2, 0.25) is 5.02 Å². The Morgan fingerprint density at radius 3 is 2.84 bits per heavy atom. The second-order valence-corrected chi connectivity index (χ2v) is 8.43. The van der Waals surface area contributed by atoms with E-state index in [1.54, 1.807) is 4.68 Å². The molecule has 0 radical (unpaired) electrons. The Kier molecular flexibility index (Phi) is 6.62. The molecule has 1 aliphatic rings. The van der Waals surface area contributed by atoms with Crippen LogP contribution in [0.3, 0.4) is 0 Å². The van der Waals surface area contributed by atoms with E-state index in [1.807, 2.05) is 49.4 Å². The maximum atomic E-state index is 13.0. The zero-order chi connectivity index (χ0) is 22.7. The summed E-state index contributed by atoms with van der Waals surface area (Å²) >= 11 is 9.52. The van der Waals surface area contributed by atoms with Crippen molar-refractivity contribution in [2.24, 2.45) is 0 Å². The summed E-state index contributed by atoms with van der Waals surface area (Å²) in [4.78, 5) is 17.3. The monoisotopic (exact) mass is 514 g/mol. The van der Waals surface area contributed by atoms with Crippen molar-refractivity contribution in [1.29, 1.82) is 0 Å². The molecule has 0 spiro atoms. The molecule has 0 fully saturated rings. The van der Waals surface area contributed by atoms with Gasteiger partial charge in [-0.15, -0.1) is 0 Å². The minimum Gasteiger partial charge on any atom is -0.489 e. The summed E-state index contributed by atoms with van der Waals surface area (Å²) in [5.74, 6) is 0.666. The SMILES string of the molecule is C=CCOC(=O)C1=C(C)Nc2ncnn2C1c1cc(Br)ccc1OCc1ccc(Cl)cc1. The average molecular weight is 516 g/mol. The van der Waals surface area contributed by atoms with Gasteiger partial charge in [-0.05, 0) is 42.8 Å². The number of nitrogens with zero attached hydrogens (tertiary/aromatic N) is 3. The first-order valence-electron chi connectivity index (χ1n) is 9.80. The average Bonchev–Trinajstić information content (AvgIpc) is 3.24. The molecule has 32 heavy (non-hydrogen) atoms. The molecule has 2 aromatic carbocycles. The van der Waals surface area contributed by atoms with Gasteiger partial charge in [0, 0.05) is 20.8 Å². The molecule has 0 aliphatic carbocycles. The molecule has 0 saturated carbocycles. The Bertz CT molecular complexity index is 1190. The van der Waals surface area contributed by atoms with E-state index < -0.39 is 12.0 Å². The number of halogens is 2. The van der Waals surface area contributed by atoms with E-state index in [-0.39, 0.29) is 6.61 Å². The van der Waals surface area contributed by atoms with Crippen LogP contribution in [0.25, 0.3) is 0 Å². The predicted octanol–water partition coefficient (Wildman–Crippen LogP) is 5.29. The zero-order valence-electron chi connectivity index (χ0n) is 17.2. The van der Waals surface area contributed by atoms with E-state index in [4.69, 9.17) is 21.1 Å². The molecule has 164 valence electrons. The maximum Gasteiger partial charge on any atom is 0.338 e. The first kappa shape index (κ1) is 22.1. The van der Waals surface area contributed by atoms with Crippen LogP contribution in [0.4, 0.5) is 5.95 Å². The second-order valence-electron chi connectivity index (χ2n) is 7.08. The zero-order valence-corrected chi connectivity index (χ0v) is 19.6. The van der Waals surface area contributed by atoms with Gasteiger partial charge in [0.2, 0.25) is 5.95 Å². The van der Waals surface area contributed by atoms with Gasteiger partial charge in [-0.3, -0.25) is 0 Å². The highest BCUT2D eigenvalue weighted by atomic mass is 79.9. The van der Waals surface area contributed by atoms with Crippen LogP contribution in [0.5, 0.6) is 5.75 Å². The van der Waals surface area contributed by atoms with Crippen molar-refractivity contribution in [2.75, 3.05) is 11.9 Å². The molecule has 1 aliphatic heterocycles. The molecule has 1 atom stereocenters. The van der Waals surface area contributed by atoms with E-state index in [0.717, 1.165) is 15.6 Å². The summed E-state index contributed by atoms with van der Waals surface area (Å²) in [5.41, 5.74) is 2.76. The topological polar surface area (TPSA) is 78.3 Å². The van der Waals surface area contributed by atoms with Gasteiger partial charge in [-0.1, -0.05) is 52.3 Å². The fourth-order valence-corrected chi connectivity index (χ4v) is 3.97. The lowest BCUT2D eigenvalue weighted by Crippen LogP contribution is -2.30. The lowest BCUT2D eigenvalue weighted by atomic mass is 9.95. The number of carbonyl (C=O) groups excluding carboxylic acids is 1. The Morgan fingerprint density at radius 2 is 2.09 bits per heavy atom. The molecule has 1 aromatic heterocycles. The molecular weight excluding hydrogens is 496 g/mol. The van der Waals surface area contributed by atoms with Crippen molar-refractivity contribution >= 4 is 39.4 Å². The summed E-state index contributed by atoms with van der Waals surface area (Å²) < 4.78 is 14.0. The van der Waals surface area contributed by atoms with Gasteiger partial charge in [0.25, 0.3) is 0 Å². The summed E-state index contributed by atoms with van der Waals surface area (Å²) in [6, 6.07) is 12.5. The van der Waals surface area contributed by atoms with Crippen LogP contribution in [0.15, 0.2) is 77.2 Å². The number of ether oxygens (including phenoxy) is 2. The number of rotatable bonds is 7. The van der Waals surface area contributed by atoms with E-state index in [0.29, 0.717) is 34.6 Å². The molecule has 1 unspecified atom stereocenters. The number of benzene rings is 2. The molecule has 0 saturated heterocycles. The van der Waals surface area contributed by atoms with Crippen LogP contribution < -0.4 is 10.1 Å². The highest BCUT2D eigenvalue weighted by molar-refractivity contribution is 9.10. The molecule has 4 rings (SSSR count). The second kappa shape index (κ2) is 9.58. The van der Waals surface area contributed by atoms with Crippen LogP contribution in [-0.4, -0.2) is 27.3 Å². The van der Waals surface area contributed by atoms with Gasteiger partial charge in [-0.2, -0.15) is 10.1 Å². The highest BCUT2D eigenvalue weighted by Crippen LogP contribution is 2.40. The fraction of sp³-hybridized carbons (Fsp3) is 0.174. The lowest BCUT2D eigenvalue weighted by Gasteiger charge is -2.29. The van der Waals surface area contributed by atoms with Crippen LogP contribution in [-0.2, 0) is 16.1 Å². The van der Waals surface area contributed by atoms with E-state index in [1.165, 1.54) is 12.4 Å². The Labute approximate surface area is 198 Å². The smallest absolute Gasteiger partial charge is 0.338 e. The van der Waals surface area contributed by atoms with E-state index >= 15 is 0 Å². The molecular formula is C23H20BrClN4O3. The quantitative estimate of drug-likeness (QED) is 0.340. The van der Waals surface area contributed by atoms with Crippen molar-refractivity contribution in [3.05, 3.63) is 93.3 Å². The highest BCUT2D eigenvalue weighted by Gasteiger charge is 2.36. The third-order valence-corrected chi connectivity index (χ3v) is 5.67. The van der Waals surface area contributed by atoms with Crippen molar-refractivity contribution in [1.82, 2.24) is 14.8 Å². The first-order valence-corrected chi connectivity index (χ1v) is 11.0. The fourth-order valence-electron chi connectivity index (χ4n) is 3.46. The van der Waals surface area contributed by atoms with Crippen molar-refractivity contribution in [3.63, 3.8) is 0 Å². The number of anilines is 1. The number of fused-ring (bicyclic) bond motifs is 1. The lowest BCUT2D eigenvalue weighted by molar-refractivity contribution is -0.138. The number of esters is 1. The minimum atomic E-state index is -0.594. The van der Waals surface area contributed by atoms with Crippen LogP contribution in [0.1, 0.15) is 24.1 Å². The molecule has 2 heterocycles. The molecule has 3 aromatic rings. The standard InChI is InChI=1S/C23H20BrClN4O3/c1-3-10-31-22(30)20-14(2)28-23-26-13-27-29(23)21(20)18-11-16(24)6-9-19(18)32-12-15-4-7-17(25)8-5-15/h3-9,11,13,21H,1,10,12H2,2H3,(H,26,27,28). The number of aromatic nitrogens is 3. The third kappa shape index (κ3) is 4.56. The van der Waals surface area contributed by atoms with Crippen molar-refractivity contribution in [3.8, 4) is 5.75 Å². The van der Waals surface area contributed by atoms with Gasteiger partial charge >= 0.3 is 5.97 Å². The third-order valence-electron chi connectivity index (χ3n) is 4.92. The van der Waals surface area contributed by atoms with Crippen LogP contribution in [0, 0.1) is 0 Å². The predicted molar refractivity (Wildman–Crippen MR) is 126 cm³/mol. The van der Waals surface area contributed by atoms with Gasteiger partial charge in [0.05, 0.1) is 5.57 Å². The number of carbonyl (C=O) groups is 1. The van der Waals surface area contributed by atoms with E-state index in [2.05, 4.69) is 37.9 Å². The van der Waals surface area contributed by atoms with Gasteiger partial charge in [-0.25, -0.2) is 9.48 Å². The van der Waals surface area contributed by atoms with Gasteiger partial charge in [0.1, 0.15) is 31.3 Å². The summed E-state index contributed by atoms with van der Waals surface area (Å²) in [6.07, 6.45) is 2.96. The molecule has 7 nitrogen and oxygen atoms in total. The largest absolute Gasteiger partial charge is 0.489 e. The van der Waals surface area contributed by atoms with Gasteiger partial charge in [0.15, 0.2) is 0 Å². The van der Waals surface area contributed by atoms with E-state index in [9.17, 15) is 4.79 Å². The first-order chi connectivity index (χ1) is 15.5. The molecule has 0 amide bonds. The maximum absolute atomic E-state index is 13.0. The summed E-state index contributed by atoms with van der Waals surface area (Å²) in [5, 5.41) is 8.14. The Balaban J connectivity index is 1.75. The van der Waals surface area contributed by atoms with Crippen LogP contribution >= 0.6 is 27.5 Å². The molecule has 9 heteroatoms. The number of allylic oxidation sites excluding steroid dienone is 1. The normalized spacial score (nSPS) is 15.0. The number of nitrogens with one attached hydrogen (secondary N) is 1.